The number of aryl methyl sites for hydroxylation is 8. The molecule has 0 aliphatic heterocycles. The van der Waals surface area contributed by atoms with Crippen LogP contribution in [0.5, 0.6) is 0 Å². The lowest BCUT2D eigenvalue weighted by Crippen LogP contribution is -2.06. The second-order valence-corrected chi connectivity index (χ2v) is 23.4. The van der Waals surface area contributed by atoms with Crippen LogP contribution >= 0.6 is 0 Å². The fourth-order valence-corrected chi connectivity index (χ4v) is 13.1. The van der Waals surface area contributed by atoms with Crippen LogP contribution < -0.4 is 0 Å². The fraction of sp³-hybridized carbons (Fsp3) is 0.101. The smallest absolute Gasteiger partial charge is 0.188 e. The van der Waals surface area contributed by atoms with Gasteiger partial charge in [-0.05, 0) is 179 Å². The zero-order valence-corrected chi connectivity index (χ0v) is 49.3. The summed E-state index contributed by atoms with van der Waals surface area (Å²) in [6.45, 7) is 25.6. The molecule has 0 atom stereocenters. The van der Waals surface area contributed by atoms with Gasteiger partial charge in [-0.15, -0.1) is 0 Å². The third-order valence-corrected chi connectivity index (χ3v) is 16.6. The standard InChI is InChI=1S/C79H59N7/c1-46-27-47(2)32-60(31-46)56-16-22-71-65(40-56)66-41-57(61-33-48(3)28-49(4)34-61)17-23-72(66)85(71)75-21-15-54(45-80)39-69(75)78-82-77(55-13-11-10-12-14-55)83-79(84-78)70-44-64(81-9)20-26-76(70)86-73-24-18-58(62-35-50(5)29-51(6)36-62)42-67(73)68-43-59(19-25-74(68)86)63-37-52(7)30-53(8)38-63/h10-44H,1-8H3. The number of fused-ring (bicyclic) bond motifs is 6. The first-order valence-corrected chi connectivity index (χ1v) is 29.1. The molecule has 0 aliphatic rings. The molecule has 3 heterocycles. The van der Waals surface area contributed by atoms with Gasteiger partial charge in [0.1, 0.15) is 0 Å². The van der Waals surface area contributed by atoms with E-state index in [1.165, 1.54) is 44.5 Å². The van der Waals surface area contributed by atoms with Crippen molar-refractivity contribution in [1.29, 1.82) is 5.26 Å². The Balaban J connectivity index is 1.02. The van der Waals surface area contributed by atoms with Crippen LogP contribution in [-0.4, -0.2) is 24.1 Å². The average Bonchev–Trinajstić information content (AvgIpc) is 2.17. The Hall–Kier alpha value is -11.0. The molecule has 86 heavy (non-hydrogen) atoms. The summed E-state index contributed by atoms with van der Waals surface area (Å²) in [6.07, 6.45) is 0. The highest BCUT2D eigenvalue weighted by Crippen LogP contribution is 2.44. The summed E-state index contributed by atoms with van der Waals surface area (Å²) in [4.78, 5) is 20.3. The lowest BCUT2D eigenvalue weighted by Gasteiger charge is -2.17. The van der Waals surface area contributed by atoms with Crippen LogP contribution in [0.1, 0.15) is 50.1 Å². The molecule has 14 aromatic rings. The van der Waals surface area contributed by atoms with Crippen molar-refractivity contribution >= 4 is 49.3 Å². The lowest BCUT2D eigenvalue weighted by molar-refractivity contribution is 1.06. The first-order valence-electron chi connectivity index (χ1n) is 29.1. The minimum Gasteiger partial charge on any atom is -0.309 e. The second-order valence-electron chi connectivity index (χ2n) is 23.4. The second kappa shape index (κ2) is 21.0. The largest absolute Gasteiger partial charge is 0.309 e. The first-order chi connectivity index (χ1) is 41.7. The number of aromatic nitrogens is 5. The Morgan fingerprint density at radius 3 is 1.01 bits per heavy atom. The van der Waals surface area contributed by atoms with E-state index >= 15 is 0 Å². The first kappa shape index (κ1) is 53.0. The van der Waals surface area contributed by atoms with Gasteiger partial charge in [-0.25, -0.2) is 19.8 Å². The van der Waals surface area contributed by atoms with E-state index in [0.29, 0.717) is 39.9 Å². The Morgan fingerprint density at radius 1 is 0.326 bits per heavy atom. The Kier molecular flexibility index (Phi) is 13.0. The molecule has 0 bridgehead atoms. The van der Waals surface area contributed by atoms with Crippen molar-refractivity contribution in [2.45, 2.75) is 55.4 Å². The van der Waals surface area contributed by atoms with E-state index in [9.17, 15) is 5.26 Å². The molecule has 0 unspecified atom stereocenters. The van der Waals surface area contributed by atoms with Crippen LogP contribution in [0.25, 0.3) is 139 Å². The molecule has 0 saturated carbocycles. The van der Waals surface area contributed by atoms with Crippen LogP contribution in [0.3, 0.4) is 0 Å². The molecule has 0 fully saturated rings. The summed E-state index contributed by atoms with van der Waals surface area (Å²) in [7, 11) is 0. The van der Waals surface area contributed by atoms with Gasteiger partial charge in [-0.2, -0.15) is 5.26 Å². The van der Waals surface area contributed by atoms with Gasteiger partial charge >= 0.3 is 0 Å². The van der Waals surface area contributed by atoms with E-state index in [0.717, 1.165) is 105 Å². The third-order valence-electron chi connectivity index (χ3n) is 16.6. The van der Waals surface area contributed by atoms with Crippen molar-refractivity contribution in [3.05, 3.63) is 274 Å². The van der Waals surface area contributed by atoms with Gasteiger partial charge < -0.3 is 9.13 Å². The number of nitrogens with zero attached hydrogens (tertiary/aromatic N) is 7. The molecule has 0 N–H and O–H groups in total. The highest BCUT2D eigenvalue weighted by atomic mass is 15.1. The monoisotopic (exact) mass is 1110 g/mol. The quantitative estimate of drug-likeness (QED) is 0.135. The Bertz CT molecular complexity index is 4630. The van der Waals surface area contributed by atoms with Crippen LogP contribution in [-0.2, 0) is 0 Å². The Morgan fingerprint density at radius 2 is 0.663 bits per heavy atom. The summed E-state index contributed by atoms with van der Waals surface area (Å²) in [5.74, 6) is 1.22. The minimum absolute atomic E-state index is 0.382. The van der Waals surface area contributed by atoms with Gasteiger partial charge in [-0.1, -0.05) is 178 Å². The number of benzene rings is 11. The van der Waals surface area contributed by atoms with Gasteiger partial charge in [0, 0.05) is 38.2 Å². The SMILES string of the molecule is [C-]#[N+]c1ccc(-n2c3ccc(-c4cc(C)cc(C)c4)cc3c3cc(-c4cc(C)cc(C)c4)ccc32)c(-c2nc(-c3ccccc3)nc(-c3cc(C#N)ccc3-n3c4ccc(-c5cc(C)cc(C)c5)cc4c4cc(-c5cc(C)cc(C)c5)ccc43)n2)c1. The molecule has 11 aromatic carbocycles. The zero-order valence-electron chi connectivity index (χ0n) is 49.3. The van der Waals surface area contributed by atoms with E-state index in [2.05, 4.69) is 221 Å². The molecule has 0 aliphatic carbocycles. The zero-order chi connectivity index (χ0) is 59.1. The summed E-state index contributed by atoms with van der Waals surface area (Å²) in [6, 6.07) is 77.9. The molecule has 0 amide bonds. The summed E-state index contributed by atoms with van der Waals surface area (Å²) in [5, 5.41) is 15.1. The van der Waals surface area contributed by atoms with E-state index in [1.54, 1.807) is 0 Å². The van der Waals surface area contributed by atoms with E-state index < -0.39 is 0 Å². The van der Waals surface area contributed by atoms with E-state index in [4.69, 9.17) is 21.5 Å². The molecule has 0 saturated heterocycles. The maximum atomic E-state index is 10.7. The van der Waals surface area contributed by atoms with Gasteiger partial charge in [0.15, 0.2) is 23.2 Å². The van der Waals surface area contributed by atoms with Crippen molar-refractivity contribution in [3.63, 3.8) is 0 Å². The third kappa shape index (κ3) is 9.56. The summed E-state index contributed by atoms with van der Waals surface area (Å²) < 4.78 is 4.60. The maximum absolute atomic E-state index is 10.7. The number of hydrogen-bond acceptors (Lipinski definition) is 4. The molecular formula is C79H59N7. The molecule has 7 heteroatoms. The van der Waals surface area contributed by atoms with Crippen LogP contribution in [0, 0.1) is 73.3 Å². The van der Waals surface area contributed by atoms with Crippen molar-refractivity contribution in [2.24, 2.45) is 0 Å². The predicted octanol–water partition coefficient (Wildman–Crippen LogP) is 20.6. The number of rotatable bonds is 9. The van der Waals surface area contributed by atoms with Gasteiger partial charge in [0.25, 0.3) is 0 Å². The van der Waals surface area contributed by atoms with Crippen molar-refractivity contribution < 1.29 is 0 Å². The fourth-order valence-electron chi connectivity index (χ4n) is 13.1. The van der Waals surface area contributed by atoms with Gasteiger partial charge in [0.2, 0.25) is 0 Å². The molecular weight excluding hydrogens is 1050 g/mol. The predicted molar refractivity (Wildman–Crippen MR) is 355 cm³/mol. The lowest BCUT2D eigenvalue weighted by atomic mass is 9.97. The van der Waals surface area contributed by atoms with Crippen molar-refractivity contribution in [1.82, 2.24) is 24.1 Å². The normalized spacial score (nSPS) is 11.5. The molecule has 410 valence electrons. The summed E-state index contributed by atoms with van der Waals surface area (Å²) in [5.41, 5.74) is 27.4. The number of nitriles is 1. The van der Waals surface area contributed by atoms with Crippen LogP contribution in [0.15, 0.2) is 212 Å². The van der Waals surface area contributed by atoms with Crippen molar-refractivity contribution in [3.8, 4) is 96.1 Å². The van der Waals surface area contributed by atoms with Gasteiger partial charge in [0.05, 0.1) is 51.6 Å². The molecule has 0 spiro atoms. The molecule has 14 rings (SSSR count). The molecule has 0 radical (unpaired) electrons. The van der Waals surface area contributed by atoms with E-state index in [1.807, 2.05) is 66.7 Å². The topological polar surface area (TPSA) is 76.7 Å². The van der Waals surface area contributed by atoms with Crippen LogP contribution in [0.2, 0.25) is 0 Å². The number of hydrogen-bond donors (Lipinski definition) is 0. The van der Waals surface area contributed by atoms with Crippen LogP contribution in [0.4, 0.5) is 5.69 Å². The Labute approximate surface area is 501 Å². The minimum atomic E-state index is 0.382. The maximum Gasteiger partial charge on any atom is 0.188 e. The molecule has 7 nitrogen and oxygen atoms in total. The average molecular weight is 1110 g/mol. The highest BCUT2D eigenvalue weighted by molar-refractivity contribution is 6.13. The summed E-state index contributed by atoms with van der Waals surface area (Å²) >= 11 is 0. The highest BCUT2D eigenvalue weighted by Gasteiger charge is 2.25. The van der Waals surface area contributed by atoms with E-state index in [-0.39, 0.29) is 0 Å². The molecule has 3 aromatic heterocycles. The van der Waals surface area contributed by atoms with Gasteiger partial charge in [-0.3, -0.25) is 0 Å². The van der Waals surface area contributed by atoms with Crippen molar-refractivity contribution in [2.75, 3.05) is 0 Å².